The molecule has 0 saturated heterocycles. The first-order chi connectivity index (χ1) is 8.56. The molecule has 96 valence electrons. The summed E-state index contributed by atoms with van der Waals surface area (Å²) >= 11 is 0. The van der Waals surface area contributed by atoms with Gasteiger partial charge in [0.15, 0.2) is 5.82 Å². The molecule has 0 spiro atoms. The Kier molecular flexibility index (Phi) is 3.40. The molecular weight excluding hydrogens is 230 g/mol. The molecule has 0 atom stereocenters. The summed E-state index contributed by atoms with van der Waals surface area (Å²) in [5.74, 6) is 3.09. The van der Waals surface area contributed by atoms with E-state index in [1.165, 1.54) is 0 Å². The van der Waals surface area contributed by atoms with E-state index in [1.54, 1.807) is 6.20 Å². The topological polar surface area (TPSA) is 73.8 Å². The molecule has 2 aromatic rings. The number of rotatable bonds is 4. The molecule has 2 rings (SSSR count). The highest BCUT2D eigenvalue weighted by molar-refractivity contribution is 5.42. The molecule has 0 saturated carbocycles. The molecule has 1 N–H and O–H groups in total. The number of hydrogen-bond donors (Lipinski definition) is 1. The van der Waals surface area contributed by atoms with Crippen molar-refractivity contribution in [1.29, 1.82) is 0 Å². The summed E-state index contributed by atoms with van der Waals surface area (Å²) < 4.78 is 0. The first-order valence-electron chi connectivity index (χ1n) is 5.65. The smallest absolute Gasteiger partial charge is 0.226 e. The summed E-state index contributed by atoms with van der Waals surface area (Å²) in [5, 5.41) is 6.93. The summed E-state index contributed by atoms with van der Waals surface area (Å²) in [6, 6.07) is 1.87. The van der Waals surface area contributed by atoms with Gasteiger partial charge in [-0.2, -0.15) is 10.1 Å². The van der Waals surface area contributed by atoms with Crippen molar-refractivity contribution < 1.29 is 0 Å². The highest BCUT2D eigenvalue weighted by Gasteiger charge is 2.09. The Morgan fingerprint density at radius 2 is 2.00 bits per heavy atom. The normalized spacial score (nSPS) is 10.4. The Balaban J connectivity index is 2.13. The van der Waals surface area contributed by atoms with Gasteiger partial charge in [0, 0.05) is 27.3 Å². The van der Waals surface area contributed by atoms with Gasteiger partial charge < -0.3 is 9.80 Å². The number of aryl methyl sites for hydroxylation is 1. The second kappa shape index (κ2) is 4.99. The second-order valence-corrected chi connectivity index (χ2v) is 4.30. The van der Waals surface area contributed by atoms with Crippen LogP contribution in [0.5, 0.6) is 0 Å². The zero-order chi connectivity index (χ0) is 13.1. The minimum atomic E-state index is 0.605. The number of hydrogen-bond acceptors (Lipinski definition) is 6. The Hall–Kier alpha value is -2.18. The maximum atomic E-state index is 4.45. The van der Waals surface area contributed by atoms with Gasteiger partial charge in [0.1, 0.15) is 11.6 Å². The second-order valence-electron chi connectivity index (χ2n) is 4.30. The zero-order valence-corrected chi connectivity index (χ0v) is 11.0. The van der Waals surface area contributed by atoms with Gasteiger partial charge in [-0.3, -0.25) is 5.10 Å². The molecule has 0 aliphatic heterocycles. The van der Waals surface area contributed by atoms with Crippen LogP contribution in [-0.2, 0) is 6.54 Å². The lowest BCUT2D eigenvalue weighted by atomic mass is 10.4. The van der Waals surface area contributed by atoms with Crippen LogP contribution in [-0.4, -0.2) is 46.3 Å². The molecule has 0 fully saturated rings. The molecule has 0 radical (unpaired) electrons. The van der Waals surface area contributed by atoms with E-state index >= 15 is 0 Å². The van der Waals surface area contributed by atoms with E-state index in [0.29, 0.717) is 12.5 Å². The fourth-order valence-corrected chi connectivity index (χ4v) is 1.52. The third-order valence-electron chi connectivity index (χ3n) is 2.44. The predicted molar refractivity (Wildman–Crippen MR) is 69.6 cm³/mol. The van der Waals surface area contributed by atoms with Crippen LogP contribution in [0.3, 0.4) is 0 Å². The van der Waals surface area contributed by atoms with Gasteiger partial charge in [0.05, 0.1) is 6.54 Å². The van der Waals surface area contributed by atoms with Crippen LogP contribution in [0.4, 0.5) is 11.8 Å². The van der Waals surface area contributed by atoms with E-state index in [0.717, 1.165) is 17.5 Å². The van der Waals surface area contributed by atoms with Crippen LogP contribution < -0.4 is 9.80 Å². The van der Waals surface area contributed by atoms with Crippen LogP contribution in [0.1, 0.15) is 11.6 Å². The quantitative estimate of drug-likeness (QED) is 0.853. The van der Waals surface area contributed by atoms with E-state index < -0.39 is 0 Å². The molecule has 0 unspecified atom stereocenters. The summed E-state index contributed by atoms with van der Waals surface area (Å²) in [7, 11) is 5.78. The Morgan fingerprint density at radius 1 is 1.22 bits per heavy atom. The molecule has 2 heterocycles. The van der Waals surface area contributed by atoms with Gasteiger partial charge in [-0.15, -0.1) is 0 Å². The fraction of sp³-hybridized carbons (Fsp3) is 0.455. The molecule has 2 aromatic heterocycles. The lowest BCUT2D eigenvalue weighted by Gasteiger charge is -2.18. The van der Waals surface area contributed by atoms with Crippen molar-refractivity contribution in [2.75, 3.05) is 30.9 Å². The van der Waals surface area contributed by atoms with Crippen LogP contribution >= 0.6 is 0 Å². The van der Waals surface area contributed by atoms with Crippen molar-refractivity contribution in [3.63, 3.8) is 0 Å². The van der Waals surface area contributed by atoms with Crippen LogP contribution in [0, 0.1) is 6.92 Å². The van der Waals surface area contributed by atoms with Crippen molar-refractivity contribution in [1.82, 2.24) is 25.1 Å². The molecule has 18 heavy (non-hydrogen) atoms. The number of anilines is 2. The number of aromatic amines is 1. The molecular formula is C11H17N7. The Bertz CT molecular complexity index is 520. The van der Waals surface area contributed by atoms with E-state index in [2.05, 4.69) is 25.1 Å². The van der Waals surface area contributed by atoms with Crippen molar-refractivity contribution in [3.8, 4) is 0 Å². The van der Waals surface area contributed by atoms with E-state index in [1.807, 2.05) is 43.9 Å². The molecule has 7 heteroatoms. The lowest BCUT2D eigenvalue weighted by molar-refractivity contribution is 0.823. The van der Waals surface area contributed by atoms with Gasteiger partial charge in [-0.1, -0.05) is 0 Å². The molecule has 0 aliphatic carbocycles. The number of nitrogens with zero attached hydrogens (tertiary/aromatic N) is 6. The average Bonchev–Trinajstić information content (AvgIpc) is 2.75. The van der Waals surface area contributed by atoms with Gasteiger partial charge in [0.25, 0.3) is 0 Å². The van der Waals surface area contributed by atoms with Crippen LogP contribution in [0.2, 0.25) is 0 Å². The number of nitrogens with one attached hydrogen (secondary N) is 1. The summed E-state index contributed by atoms with van der Waals surface area (Å²) in [6.07, 6.45) is 1.75. The largest absolute Gasteiger partial charge is 0.352 e. The van der Waals surface area contributed by atoms with E-state index in [9.17, 15) is 0 Å². The van der Waals surface area contributed by atoms with Crippen molar-refractivity contribution in [3.05, 3.63) is 23.9 Å². The molecule has 0 aromatic carbocycles. The summed E-state index contributed by atoms with van der Waals surface area (Å²) in [6.45, 7) is 2.49. The van der Waals surface area contributed by atoms with Gasteiger partial charge in [-0.25, -0.2) is 9.97 Å². The SMILES string of the molecule is Cc1nc(CN(C)c2ccnc(N(C)C)n2)n[nH]1. The average molecular weight is 247 g/mol. The highest BCUT2D eigenvalue weighted by Crippen LogP contribution is 2.13. The number of aromatic nitrogens is 5. The first-order valence-corrected chi connectivity index (χ1v) is 5.65. The van der Waals surface area contributed by atoms with Gasteiger partial charge >= 0.3 is 0 Å². The van der Waals surface area contributed by atoms with E-state index in [-0.39, 0.29) is 0 Å². The third-order valence-corrected chi connectivity index (χ3v) is 2.44. The number of H-pyrrole nitrogens is 1. The fourth-order valence-electron chi connectivity index (χ4n) is 1.52. The van der Waals surface area contributed by atoms with Crippen LogP contribution in [0.25, 0.3) is 0 Å². The summed E-state index contributed by atoms with van der Waals surface area (Å²) in [4.78, 5) is 16.8. The summed E-state index contributed by atoms with van der Waals surface area (Å²) in [5.41, 5.74) is 0. The van der Waals surface area contributed by atoms with Gasteiger partial charge in [-0.05, 0) is 13.0 Å². The maximum absolute atomic E-state index is 4.45. The van der Waals surface area contributed by atoms with Crippen molar-refractivity contribution >= 4 is 11.8 Å². The molecule has 0 bridgehead atoms. The van der Waals surface area contributed by atoms with Crippen LogP contribution in [0.15, 0.2) is 12.3 Å². The van der Waals surface area contributed by atoms with E-state index in [4.69, 9.17) is 0 Å². The molecule has 7 nitrogen and oxygen atoms in total. The highest BCUT2D eigenvalue weighted by atomic mass is 15.3. The van der Waals surface area contributed by atoms with Crippen molar-refractivity contribution in [2.24, 2.45) is 0 Å². The zero-order valence-electron chi connectivity index (χ0n) is 11.0. The third kappa shape index (κ3) is 2.73. The lowest BCUT2D eigenvalue weighted by Crippen LogP contribution is -2.20. The standard InChI is InChI=1S/C11H17N7/c1-8-13-9(16-15-8)7-18(4)10-5-6-12-11(14-10)17(2)3/h5-6H,7H2,1-4H3,(H,13,15,16). The minimum absolute atomic E-state index is 0.605. The predicted octanol–water partition coefficient (Wildman–Crippen LogP) is 0.606. The van der Waals surface area contributed by atoms with Gasteiger partial charge in [0.2, 0.25) is 5.95 Å². The molecule has 0 aliphatic rings. The maximum Gasteiger partial charge on any atom is 0.226 e. The minimum Gasteiger partial charge on any atom is -0.352 e. The Labute approximate surface area is 106 Å². The monoisotopic (exact) mass is 247 g/mol. The Morgan fingerprint density at radius 3 is 2.61 bits per heavy atom. The first kappa shape index (κ1) is 12.3. The molecule has 0 amide bonds. The van der Waals surface area contributed by atoms with Crippen molar-refractivity contribution in [2.45, 2.75) is 13.5 Å².